The van der Waals surface area contributed by atoms with Crippen LogP contribution in [-0.4, -0.2) is 37.9 Å². The molecule has 0 aromatic carbocycles. The zero-order valence-corrected chi connectivity index (χ0v) is 6.16. The number of methoxy groups -OCH3 is 1. The Hall–Kier alpha value is -0.830. The van der Waals surface area contributed by atoms with Gasteiger partial charge in [0.25, 0.3) is 0 Å². The van der Waals surface area contributed by atoms with Crippen molar-refractivity contribution in [3.05, 3.63) is 12.4 Å². The highest BCUT2D eigenvalue weighted by molar-refractivity contribution is 5.61. The number of aliphatic imine (C=N–C) groups is 1. The number of hydrogen-bond donors (Lipinski definition) is 0. The average Bonchev–Trinajstić information content (AvgIpc) is 2.03. The fraction of sp³-hybridized carbons (Fsp3) is 0.571. The predicted octanol–water partition coefficient (Wildman–Crippen LogP) is 0.490. The van der Waals surface area contributed by atoms with E-state index in [9.17, 15) is 0 Å². The molecule has 0 amide bonds. The SMILES string of the molecule is COCCN1C=CN=CC1. The van der Waals surface area contributed by atoms with E-state index in [-0.39, 0.29) is 0 Å². The Morgan fingerprint density at radius 3 is 3.20 bits per heavy atom. The molecular weight excluding hydrogens is 128 g/mol. The van der Waals surface area contributed by atoms with Gasteiger partial charge in [0.05, 0.1) is 13.2 Å². The van der Waals surface area contributed by atoms with Crippen LogP contribution in [0.5, 0.6) is 0 Å². The van der Waals surface area contributed by atoms with Gasteiger partial charge in [-0.3, -0.25) is 4.99 Å². The first-order chi connectivity index (χ1) is 4.93. The van der Waals surface area contributed by atoms with Gasteiger partial charge in [-0.15, -0.1) is 0 Å². The summed E-state index contributed by atoms with van der Waals surface area (Å²) in [5.74, 6) is 0. The summed E-state index contributed by atoms with van der Waals surface area (Å²) in [5.41, 5.74) is 0. The van der Waals surface area contributed by atoms with Crippen molar-refractivity contribution < 1.29 is 4.74 Å². The summed E-state index contributed by atoms with van der Waals surface area (Å²) in [7, 11) is 1.71. The summed E-state index contributed by atoms with van der Waals surface area (Å²) in [5, 5.41) is 0. The van der Waals surface area contributed by atoms with E-state index >= 15 is 0 Å². The van der Waals surface area contributed by atoms with E-state index in [2.05, 4.69) is 9.89 Å². The molecule has 0 saturated heterocycles. The van der Waals surface area contributed by atoms with Crippen molar-refractivity contribution in [3.8, 4) is 0 Å². The lowest BCUT2D eigenvalue weighted by molar-refractivity contribution is 0.174. The largest absolute Gasteiger partial charge is 0.383 e. The van der Waals surface area contributed by atoms with Crippen LogP contribution in [0.1, 0.15) is 0 Å². The quantitative estimate of drug-likeness (QED) is 0.570. The normalized spacial score (nSPS) is 16.3. The topological polar surface area (TPSA) is 24.8 Å². The Morgan fingerprint density at radius 1 is 1.70 bits per heavy atom. The molecule has 3 nitrogen and oxygen atoms in total. The van der Waals surface area contributed by atoms with E-state index in [0.29, 0.717) is 0 Å². The van der Waals surface area contributed by atoms with E-state index in [1.54, 1.807) is 13.3 Å². The van der Waals surface area contributed by atoms with Gasteiger partial charge < -0.3 is 9.64 Å². The van der Waals surface area contributed by atoms with Gasteiger partial charge in [0.2, 0.25) is 0 Å². The first-order valence-electron chi connectivity index (χ1n) is 3.35. The second-order valence-corrected chi connectivity index (χ2v) is 2.12. The molecule has 1 heterocycles. The second-order valence-electron chi connectivity index (χ2n) is 2.12. The van der Waals surface area contributed by atoms with Crippen LogP contribution in [0, 0.1) is 0 Å². The third-order valence-corrected chi connectivity index (χ3v) is 1.37. The Morgan fingerprint density at radius 2 is 2.60 bits per heavy atom. The van der Waals surface area contributed by atoms with Gasteiger partial charge in [-0.1, -0.05) is 0 Å². The van der Waals surface area contributed by atoms with Crippen LogP contribution in [-0.2, 0) is 4.74 Å². The minimum Gasteiger partial charge on any atom is -0.383 e. The fourth-order valence-corrected chi connectivity index (χ4v) is 0.781. The molecule has 0 saturated carbocycles. The summed E-state index contributed by atoms with van der Waals surface area (Å²) in [6.07, 6.45) is 5.65. The molecular formula is C7H12N2O. The molecule has 3 heteroatoms. The first kappa shape index (κ1) is 7.28. The van der Waals surface area contributed by atoms with E-state index in [1.165, 1.54) is 0 Å². The molecule has 0 aromatic heterocycles. The van der Waals surface area contributed by atoms with Gasteiger partial charge >= 0.3 is 0 Å². The number of hydrogen-bond acceptors (Lipinski definition) is 3. The molecule has 0 radical (unpaired) electrons. The standard InChI is InChI=1S/C7H12N2O/c1-10-7-6-9-4-2-8-3-5-9/h2-4H,5-7H2,1H3. The zero-order chi connectivity index (χ0) is 7.23. The van der Waals surface area contributed by atoms with Crippen molar-refractivity contribution in [2.45, 2.75) is 0 Å². The second kappa shape index (κ2) is 4.06. The summed E-state index contributed by atoms with van der Waals surface area (Å²) in [6.45, 7) is 2.62. The van der Waals surface area contributed by atoms with Crippen LogP contribution < -0.4 is 0 Å². The van der Waals surface area contributed by atoms with Crippen molar-refractivity contribution in [1.29, 1.82) is 0 Å². The smallest absolute Gasteiger partial charge is 0.0637 e. The first-order valence-corrected chi connectivity index (χ1v) is 3.35. The fourth-order valence-electron chi connectivity index (χ4n) is 0.781. The lowest BCUT2D eigenvalue weighted by atomic mass is 10.5. The van der Waals surface area contributed by atoms with Crippen molar-refractivity contribution in [2.24, 2.45) is 4.99 Å². The van der Waals surface area contributed by atoms with Gasteiger partial charge in [-0.2, -0.15) is 0 Å². The molecule has 0 atom stereocenters. The number of ether oxygens (including phenoxy) is 1. The molecule has 56 valence electrons. The van der Waals surface area contributed by atoms with Crippen LogP contribution in [0.4, 0.5) is 0 Å². The molecule has 1 aliphatic rings. The molecule has 0 bridgehead atoms. The van der Waals surface area contributed by atoms with E-state index in [1.807, 2.05) is 12.4 Å². The maximum Gasteiger partial charge on any atom is 0.0637 e. The molecule has 0 aromatic rings. The van der Waals surface area contributed by atoms with E-state index in [4.69, 9.17) is 4.74 Å². The zero-order valence-electron chi connectivity index (χ0n) is 6.16. The van der Waals surface area contributed by atoms with Gasteiger partial charge in [-0.05, 0) is 0 Å². The van der Waals surface area contributed by atoms with Gasteiger partial charge in [0, 0.05) is 32.3 Å². The van der Waals surface area contributed by atoms with Crippen molar-refractivity contribution in [3.63, 3.8) is 0 Å². The Kier molecular flexibility index (Phi) is 2.96. The maximum absolute atomic E-state index is 4.92. The molecule has 0 aliphatic carbocycles. The highest BCUT2D eigenvalue weighted by Gasteiger charge is 1.97. The van der Waals surface area contributed by atoms with Crippen molar-refractivity contribution >= 4 is 6.21 Å². The molecule has 0 fully saturated rings. The summed E-state index contributed by atoms with van der Waals surface area (Å²) >= 11 is 0. The van der Waals surface area contributed by atoms with Crippen LogP contribution in [0.25, 0.3) is 0 Å². The Labute approximate surface area is 61.0 Å². The summed E-state index contributed by atoms with van der Waals surface area (Å²) < 4.78 is 4.92. The van der Waals surface area contributed by atoms with Gasteiger partial charge in [-0.25, -0.2) is 0 Å². The average molecular weight is 140 g/mol. The minimum absolute atomic E-state index is 0.776. The lowest BCUT2D eigenvalue weighted by Gasteiger charge is -2.18. The molecule has 1 aliphatic heterocycles. The van der Waals surface area contributed by atoms with Crippen molar-refractivity contribution in [1.82, 2.24) is 4.90 Å². The van der Waals surface area contributed by atoms with E-state index < -0.39 is 0 Å². The summed E-state index contributed by atoms with van der Waals surface area (Å²) in [6, 6.07) is 0. The highest BCUT2D eigenvalue weighted by atomic mass is 16.5. The predicted molar refractivity (Wildman–Crippen MR) is 41.1 cm³/mol. The van der Waals surface area contributed by atoms with Crippen LogP contribution in [0.2, 0.25) is 0 Å². The minimum atomic E-state index is 0.776. The maximum atomic E-state index is 4.92. The monoisotopic (exact) mass is 140 g/mol. The molecule has 10 heavy (non-hydrogen) atoms. The third kappa shape index (κ3) is 2.19. The number of rotatable bonds is 3. The van der Waals surface area contributed by atoms with E-state index in [0.717, 1.165) is 19.7 Å². The molecule has 0 spiro atoms. The van der Waals surface area contributed by atoms with Crippen LogP contribution in [0.15, 0.2) is 17.4 Å². The van der Waals surface area contributed by atoms with Gasteiger partial charge in [0.15, 0.2) is 0 Å². The molecule has 0 unspecified atom stereocenters. The number of nitrogens with zero attached hydrogens (tertiary/aromatic N) is 2. The summed E-state index contributed by atoms with van der Waals surface area (Å²) in [4.78, 5) is 6.10. The van der Waals surface area contributed by atoms with Crippen molar-refractivity contribution in [2.75, 3.05) is 26.8 Å². The van der Waals surface area contributed by atoms with Crippen LogP contribution in [0.3, 0.4) is 0 Å². The Balaban J connectivity index is 2.17. The lowest BCUT2D eigenvalue weighted by Crippen LogP contribution is -2.25. The van der Waals surface area contributed by atoms with Gasteiger partial charge in [0.1, 0.15) is 0 Å². The molecule has 1 rings (SSSR count). The highest BCUT2D eigenvalue weighted by Crippen LogP contribution is 1.93. The Bertz CT molecular complexity index is 143. The molecule has 0 N–H and O–H groups in total. The third-order valence-electron chi connectivity index (χ3n) is 1.37. The van der Waals surface area contributed by atoms with Crippen LogP contribution >= 0.6 is 0 Å².